The van der Waals surface area contributed by atoms with E-state index in [9.17, 15) is 4.79 Å². The van der Waals surface area contributed by atoms with Crippen LogP contribution < -0.4 is 10.5 Å². The van der Waals surface area contributed by atoms with Gasteiger partial charge in [-0.3, -0.25) is 0 Å². The van der Waals surface area contributed by atoms with Gasteiger partial charge in [-0.2, -0.15) is 0 Å². The molecule has 3 nitrogen and oxygen atoms in total. The Morgan fingerprint density at radius 2 is 2.14 bits per heavy atom. The summed E-state index contributed by atoms with van der Waals surface area (Å²) in [5, 5.41) is 0. The van der Waals surface area contributed by atoms with Gasteiger partial charge in [-0.1, -0.05) is 43.0 Å². The Morgan fingerprint density at radius 1 is 1.43 bits per heavy atom. The SMILES string of the molecule is C=C/C=C/c1ccccc1OC(N)=O. The molecule has 2 N–H and O–H groups in total. The van der Waals surface area contributed by atoms with Crippen LogP contribution in [0.2, 0.25) is 0 Å². The zero-order valence-corrected chi connectivity index (χ0v) is 7.64. The summed E-state index contributed by atoms with van der Waals surface area (Å²) < 4.78 is 4.80. The van der Waals surface area contributed by atoms with Gasteiger partial charge in [-0.15, -0.1) is 0 Å². The second-order valence-electron chi connectivity index (χ2n) is 2.55. The lowest BCUT2D eigenvalue weighted by atomic mass is 10.2. The number of primary amides is 1. The summed E-state index contributed by atoms with van der Waals surface area (Å²) in [5.41, 5.74) is 5.70. The van der Waals surface area contributed by atoms with Gasteiger partial charge in [0.1, 0.15) is 5.75 Å². The normalized spacial score (nSPS) is 10.0. The number of benzene rings is 1. The fourth-order valence-corrected chi connectivity index (χ4v) is 0.991. The summed E-state index contributed by atoms with van der Waals surface area (Å²) >= 11 is 0. The molecule has 0 fully saturated rings. The van der Waals surface area contributed by atoms with Gasteiger partial charge in [0.05, 0.1) is 0 Å². The molecule has 1 aromatic rings. The highest BCUT2D eigenvalue weighted by molar-refractivity contribution is 5.71. The number of ether oxygens (including phenoxy) is 1. The van der Waals surface area contributed by atoms with Crippen molar-refractivity contribution in [1.82, 2.24) is 0 Å². The van der Waals surface area contributed by atoms with Crippen molar-refractivity contribution in [2.75, 3.05) is 0 Å². The van der Waals surface area contributed by atoms with Gasteiger partial charge in [0, 0.05) is 5.56 Å². The van der Waals surface area contributed by atoms with E-state index in [2.05, 4.69) is 6.58 Å². The van der Waals surface area contributed by atoms with E-state index in [1.54, 1.807) is 30.4 Å². The minimum atomic E-state index is -0.815. The highest BCUT2D eigenvalue weighted by atomic mass is 16.5. The molecule has 1 aromatic carbocycles. The zero-order chi connectivity index (χ0) is 10.4. The lowest BCUT2D eigenvalue weighted by molar-refractivity contribution is 0.211. The molecule has 3 heteroatoms. The molecule has 14 heavy (non-hydrogen) atoms. The molecule has 0 saturated carbocycles. The predicted octanol–water partition coefficient (Wildman–Crippen LogP) is 2.34. The highest BCUT2D eigenvalue weighted by Gasteiger charge is 2.01. The molecule has 0 aromatic heterocycles. The summed E-state index contributed by atoms with van der Waals surface area (Å²) in [6, 6.07) is 7.10. The first kappa shape index (κ1) is 10.1. The Hall–Kier alpha value is -2.03. The minimum Gasteiger partial charge on any atom is -0.410 e. The van der Waals surface area contributed by atoms with Gasteiger partial charge in [0.25, 0.3) is 0 Å². The number of para-hydroxylation sites is 1. The standard InChI is InChI=1S/C11H11NO2/c1-2-3-6-9-7-4-5-8-10(9)14-11(12)13/h2-8H,1H2,(H2,12,13)/b6-3+. The van der Waals surface area contributed by atoms with Crippen LogP contribution in [0.25, 0.3) is 6.08 Å². The van der Waals surface area contributed by atoms with Crippen molar-refractivity contribution in [3.8, 4) is 5.75 Å². The Kier molecular flexibility index (Phi) is 3.49. The molecule has 1 amide bonds. The molecule has 0 radical (unpaired) electrons. The third kappa shape index (κ3) is 2.79. The molecule has 0 unspecified atom stereocenters. The topological polar surface area (TPSA) is 52.3 Å². The van der Waals surface area contributed by atoms with E-state index in [1.807, 2.05) is 12.1 Å². The van der Waals surface area contributed by atoms with Gasteiger partial charge in [-0.25, -0.2) is 4.79 Å². The van der Waals surface area contributed by atoms with Crippen LogP contribution in [0.1, 0.15) is 5.56 Å². The third-order valence-electron chi connectivity index (χ3n) is 1.54. The lowest BCUT2D eigenvalue weighted by Gasteiger charge is -2.03. The number of nitrogens with two attached hydrogens (primary N) is 1. The van der Waals surface area contributed by atoms with Crippen LogP contribution in [0.3, 0.4) is 0 Å². The predicted molar refractivity (Wildman–Crippen MR) is 55.9 cm³/mol. The van der Waals surface area contributed by atoms with E-state index in [0.717, 1.165) is 5.56 Å². The van der Waals surface area contributed by atoms with Crippen LogP contribution in [0, 0.1) is 0 Å². The fraction of sp³-hybridized carbons (Fsp3) is 0. The third-order valence-corrected chi connectivity index (χ3v) is 1.54. The number of carbonyl (C=O) groups excluding carboxylic acids is 1. The Labute approximate surface area is 82.5 Å². The lowest BCUT2D eigenvalue weighted by Crippen LogP contribution is -2.16. The van der Waals surface area contributed by atoms with E-state index in [0.29, 0.717) is 5.75 Å². The average molecular weight is 189 g/mol. The number of hydrogen-bond acceptors (Lipinski definition) is 2. The Morgan fingerprint density at radius 3 is 2.79 bits per heavy atom. The number of amides is 1. The van der Waals surface area contributed by atoms with Crippen LogP contribution in [-0.4, -0.2) is 6.09 Å². The second kappa shape index (κ2) is 4.87. The quantitative estimate of drug-likeness (QED) is 0.742. The first-order valence-corrected chi connectivity index (χ1v) is 4.09. The van der Waals surface area contributed by atoms with Gasteiger partial charge in [0.2, 0.25) is 0 Å². The summed E-state index contributed by atoms with van der Waals surface area (Å²) in [7, 11) is 0. The summed E-state index contributed by atoms with van der Waals surface area (Å²) in [4.78, 5) is 10.6. The first-order valence-electron chi connectivity index (χ1n) is 4.09. The summed E-state index contributed by atoms with van der Waals surface area (Å²) in [5.74, 6) is 0.443. The summed E-state index contributed by atoms with van der Waals surface area (Å²) in [6.07, 6.45) is 4.36. The zero-order valence-electron chi connectivity index (χ0n) is 7.64. The van der Waals surface area contributed by atoms with Gasteiger partial charge in [0.15, 0.2) is 0 Å². The minimum absolute atomic E-state index is 0.443. The van der Waals surface area contributed by atoms with E-state index in [1.165, 1.54) is 0 Å². The van der Waals surface area contributed by atoms with Gasteiger partial charge in [-0.05, 0) is 6.07 Å². The molecule has 0 spiro atoms. The number of rotatable bonds is 3. The average Bonchev–Trinajstić information content (AvgIpc) is 2.16. The maximum absolute atomic E-state index is 10.6. The smallest absolute Gasteiger partial charge is 0.409 e. The maximum Gasteiger partial charge on any atom is 0.409 e. The van der Waals surface area contributed by atoms with Crippen molar-refractivity contribution in [2.45, 2.75) is 0 Å². The molecule has 1 rings (SSSR count). The maximum atomic E-state index is 10.6. The molecular weight excluding hydrogens is 178 g/mol. The largest absolute Gasteiger partial charge is 0.410 e. The molecule has 0 bridgehead atoms. The van der Waals surface area contributed by atoms with E-state index in [-0.39, 0.29) is 0 Å². The van der Waals surface area contributed by atoms with Crippen molar-refractivity contribution < 1.29 is 9.53 Å². The van der Waals surface area contributed by atoms with Crippen LogP contribution in [0.4, 0.5) is 4.79 Å². The molecule has 0 aliphatic carbocycles. The summed E-state index contributed by atoms with van der Waals surface area (Å²) in [6.45, 7) is 3.55. The second-order valence-corrected chi connectivity index (χ2v) is 2.55. The molecule has 0 heterocycles. The van der Waals surface area contributed by atoms with E-state index < -0.39 is 6.09 Å². The van der Waals surface area contributed by atoms with Crippen molar-refractivity contribution in [3.05, 3.63) is 48.6 Å². The van der Waals surface area contributed by atoms with Crippen LogP contribution in [0.5, 0.6) is 5.75 Å². The number of allylic oxidation sites excluding steroid dienone is 2. The highest BCUT2D eigenvalue weighted by Crippen LogP contribution is 2.19. The van der Waals surface area contributed by atoms with E-state index in [4.69, 9.17) is 10.5 Å². The molecule has 0 saturated heterocycles. The Bertz CT molecular complexity index is 369. The van der Waals surface area contributed by atoms with Crippen LogP contribution in [0.15, 0.2) is 43.0 Å². The monoisotopic (exact) mass is 189 g/mol. The number of carbonyl (C=O) groups is 1. The van der Waals surface area contributed by atoms with Gasteiger partial charge >= 0.3 is 6.09 Å². The van der Waals surface area contributed by atoms with Crippen molar-refractivity contribution in [2.24, 2.45) is 5.73 Å². The van der Waals surface area contributed by atoms with Crippen molar-refractivity contribution in [3.63, 3.8) is 0 Å². The van der Waals surface area contributed by atoms with Crippen molar-refractivity contribution >= 4 is 12.2 Å². The van der Waals surface area contributed by atoms with Gasteiger partial charge < -0.3 is 10.5 Å². The Balaban J connectivity index is 2.96. The molecular formula is C11H11NO2. The molecule has 0 aliphatic rings. The molecule has 72 valence electrons. The first-order chi connectivity index (χ1) is 6.74. The van der Waals surface area contributed by atoms with Crippen LogP contribution >= 0.6 is 0 Å². The molecule has 0 atom stereocenters. The number of hydrogen-bond donors (Lipinski definition) is 1. The fourth-order valence-electron chi connectivity index (χ4n) is 0.991. The van der Waals surface area contributed by atoms with Crippen molar-refractivity contribution in [1.29, 1.82) is 0 Å². The van der Waals surface area contributed by atoms with Crippen LogP contribution in [-0.2, 0) is 0 Å². The van der Waals surface area contributed by atoms with E-state index >= 15 is 0 Å². The molecule has 0 aliphatic heterocycles.